The number of morpholine rings is 1. The van der Waals surface area contributed by atoms with Crippen molar-refractivity contribution in [1.82, 2.24) is 10.2 Å². The number of esters is 1. The quantitative estimate of drug-likeness (QED) is 0.665. The third kappa shape index (κ3) is 4.40. The predicted molar refractivity (Wildman–Crippen MR) is 63.6 cm³/mol. The summed E-state index contributed by atoms with van der Waals surface area (Å²) < 4.78 is 9.74. The first-order valence-corrected chi connectivity index (χ1v) is 5.90. The topological polar surface area (TPSA) is 105 Å². The summed E-state index contributed by atoms with van der Waals surface area (Å²) in [5.74, 6) is -1.56. The third-order valence-electron chi connectivity index (χ3n) is 2.71. The maximum absolute atomic E-state index is 12.0. The Kier molecular flexibility index (Phi) is 5.56. The van der Waals surface area contributed by atoms with Crippen LogP contribution in [0, 0.1) is 0 Å². The van der Waals surface area contributed by atoms with Crippen LogP contribution in [0.2, 0.25) is 0 Å². The molecule has 1 rings (SSSR count). The molecule has 0 aromatic rings. The molecule has 1 heterocycles. The third-order valence-corrected chi connectivity index (χ3v) is 2.71. The lowest BCUT2D eigenvalue weighted by Gasteiger charge is -2.34. The molecule has 0 bridgehead atoms. The largest absolute Gasteiger partial charge is 0.481 e. The fraction of sp³-hybridized carbons (Fsp3) is 0.727. The Balaban J connectivity index is 2.61. The number of carbonyl (C=O) groups excluding carboxylic acids is 2. The molecule has 2 unspecified atom stereocenters. The van der Waals surface area contributed by atoms with Crippen LogP contribution in [0.15, 0.2) is 0 Å². The number of ether oxygens (including phenoxy) is 2. The van der Waals surface area contributed by atoms with Gasteiger partial charge in [0.15, 0.2) is 6.04 Å². The number of amides is 2. The Morgan fingerprint density at radius 1 is 1.53 bits per heavy atom. The fourth-order valence-electron chi connectivity index (χ4n) is 1.78. The highest BCUT2D eigenvalue weighted by molar-refractivity contribution is 5.84. The Morgan fingerprint density at radius 3 is 2.79 bits per heavy atom. The summed E-state index contributed by atoms with van der Waals surface area (Å²) in [7, 11) is 1.24. The van der Waals surface area contributed by atoms with Crippen LogP contribution >= 0.6 is 0 Å². The van der Waals surface area contributed by atoms with Gasteiger partial charge in [-0.3, -0.25) is 4.79 Å². The van der Waals surface area contributed by atoms with Crippen molar-refractivity contribution in [1.29, 1.82) is 0 Å². The molecule has 0 radical (unpaired) electrons. The molecule has 0 spiro atoms. The number of carboxylic acids is 1. The zero-order chi connectivity index (χ0) is 14.4. The number of rotatable bonds is 4. The van der Waals surface area contributed by atoms with E-state index < -0.39 is 30.1 Å². The molecule has 108 valence electrons. The van der Waals surface area contributed by atoms with E-state index >= 15 is 0 Å². The second-order valence-electron chi connectivity index (χ2n) is 4.26. The van der Waals surface area contributed by atoms with Crippen LogP contribution in [-0.2, 0) is 19.1 Å². The highest BCUT2D eigenvalue weighted by Crippen LogP contribution is 2.09. The smallest absolute Gasteiger partial charge is 0.331 e. The van der Waals surface area contributed by atoms with E-state index in [0.717, 1.165) is 0 Å². The molecule has 0 aliphatic carbocycles. The van der Waals surface area contributed by atoms with Gasteiger partial charge >= 0.3 is 18.0 Å². The van der Waals surface area contributed by atoms with Gasteiger partial charge in [0, 0.05) is 12.6 Å². The summed E-state index contributed by atoms with van der Waals surface area (Å²) in [4.78, 5) is 35.3. The number of carbonyl (C=O) groups is 3. The number of methoxy groups -OCH3 is 1. The van der Waals surface area contributed by atoms with Crippen molar-refractivity contribution in [2.75, 3.05) is 26.9 Å². The molecule has 2 amide bonds. The molecule has 8 nitrogen and oxygen atoms in total. The second-order valence-corrected chi connectivity index (χ2v) is 4.26. The molecule has 8 heteroatoms. The first-order chi connectivity index (χ1) is 8.95. The molecule has 0 aromatic heterocycles. The molecule has 0 saturated carbocycles. The predicted octanol–water partition coefficient (Wildman–Crippen LogP) is -0.567. The summed E-state index contributed by atoms with van der Waals surface area (Å²) in [6, 6.07) is -1.81. The van der Waals surface area contributed by atoms with Crippen molar-refractivity contribution in [3.05, 3.63) is 0 Å². The zero-order valence-corrected chi connectivity index (χ0v) is 10.9. The van der Waals surface area contributed by atoms with E-state index in [2.05, 4.69) is 10.1 Å². The molecule has 19 heavy (non-hydrogen) atoms. The average molecular weight is 274 g/mol. The lowest BCUT2D eigenvalue weighted by molar-refractivity contribution is -0.151. The van der Waals surface area contributed by atoms with Gasteiger partial charge in [-0.25, -0.2) is 9.59 Å². The van der Waals surface area contributed by atoms with Crippen molar-refractivity contribution in [3.8, 4) is 0 Å². The van der Waals surface area contributed by atoms with Gasteiger partial charge < -0.3 is 24.8 Å². The Bertz CT molecular complexity index is 359. The number of urea groups is 1. The lowest BCUT2D eigenvalue weighted by Crippen LogP contribution is -2.57. The van der Waals surface area contributed by atoms with E-state index in [-0.39, 0.29) is 19.6 Å². The highest BCUT2D eigenvalue weighted by atomic mass is 16.5. The SMILES string of the molecule is COC(=O)C1COCCN1C(=O)NC(C)CC(=O)O. The van der Waals surface area contributed by atoms with Gasteiger partial charge in [0.2, 0.25) is 0 Å². The fourth-order valence-corrected chi connectivity index (χ4v) is 1.78. The Labute approximate surface area is 110 Å². The molecular formula is C11H18N2O6. The number of hydrogen-bond acceptors (Lipinski definition) is 5. The van der Waals surface area contributed by atoms with Crippen LogP contribution in [0.3, 0.4) is 0 Å². The van der Waals surface area contributed by atoms with Crippen LogP contribution in [-0.4, -0.2) is 66.9 Å². The maximum atomic E-state index is 12.0. The minimum atomic E-state index is -1.00. The van der Waals surface area contributed by atoms with E-state index in [4.69, 9.17) is 9.84 Å². The molecule has 1 fully saturated rings. The lowest BCUT2D eigenvalue weighted by atomic mass is 10.2. The summed E-state index contributed by atoms with van der Waals surface area (Å²) in [6.07, 6.45) is -0.182. The van der Waals surface area contributed by atoms with Gasteiger partial charge in [0.1, 0.15) is 0 Å². The first-order valence-electron chi connectivity index (χ1n) is 5.90. The van der Waals surface area contributed by atoms with E-state index in [1.165, 1.54) is 12.0 Å². The van der Waals surface area contributed by atoms with Crippen molar-refractivity contribution in [3.63, 3.8) is 0 Å². The monoisotopic (exact) mass is 274 g/mol. The van der Waals surface area contributed by atoms with Gasteiger partial charge in [-0.05, 0) is 6.92 Å². The molecular weight excluding hydrogens is 256 g/mol. The molecule has 1 aliphatic rings. The number of aliphatic carboxylic acids is 1. The standard InChI is InChI=1S/C11H18N2O6/c1-7(5-9(14)15)12-11(17)13-3-4-19-6-8(13)10(16)18-2/h7-8H,3-6H2,1-2H3,(H,12,17)(H,14,15). The van der Waals surface area contributed by atoms with Crippen molar-refractivity contribution in [2.24, 2.45) is 0 Å². The molecule has 1 saturated heterocycles. The summed E-state index contributed by atoms with van der Waals surface area (Å²) >= 11 is 0. The number of nitrogens with one attached hydrogen (secondary N) is 1. The van der Waals surface area contributed by atoms with Crippen molar-refractivity contribution < 1.29 is 29.0 Å². The highest BCUT2D eigenvalue weighted by Gasteiger charge is 2.34. The normalized spacial score (nSPS) is 20.5. The van der Waals surface area contributed by atoms with E-state index in [0.29, 0.717) is 6.61 Å². The number of carboxylic acid groups (broad SMARTS) is 1. The minimum Gasteiger partial charge on any atom is -0.481 e. The van der Waals surface area contributed by atoms with Gasteiger partial charge in [0.05, 0.1) is 26.7 Å². The minimum absolute atomic E-state index is 0.0768. The van der Waals surface area contributed by atoms with Gasteiger partial charge in [0.25, 0.3) is 0 Å². The zero-order valence-electron chi connectivity index (χ0n) is 10.9. The van der Waals surface area contributed by atoms with Crippen LogP contribution in [0.1, 0.15) is 13.3 Å². The number of hydrogen-bond donors (Lipinski definition) is 2. The second kappa shape index (κ2) is 6.93. The average Bonchev–Trinajstić information content (AvgIpc) is 2.36. The van der Waals surface area contributed by atoms with Crippen molar-refractivity contribution >= 4 is 18.0 Å². The van der Waals surface area contributed by atoms with Crippen molar-refractivity contribution in [2.45, 2.75) is 25.4 Å². The molecule has 2 N–H and O–H groups in total. The molecule has 1 aliphatic heterocycles. The van der Waals surface area contributed by atoms with E-state index in [9.17, 15) is 14.4 Å². The van der Waals surface area contributed by atoms with E-state index in [1.54, 1.807) is 6.92 Å². The van der Waals surface area contributed by atoms with Crippen LogP contribution in [0.25, 0.3) is 0 Å². The summed E-state index contributed by atoms with van der Waals surface area (Å²) in [5, 5.41) is 11.2. The van der Waals surface area contributed by atoms with Crippen LogP contribution in [0.4, 0.5) is 4.79 Å². The first kappa shape index (κ1) is 15.2. The van der Waals surface area contributed by atoms with Crippen LogP contribution in [0.5, 0.6) is 0 Å². The number of nitrogens with zero attached hydrogens (tertiary/aromatic N) is 1. The van der Waals surface area contributed by atoms with Crippen LogP contribution < -0.4 is 5.32 Å². The van der Waals surface area contributed by atoms with Gasteiger partial charge in [-0.2, -0.15) is 0 Å². The van der Waals surface area contributed by atoms with Gasteiger partial charge in [-0.1, -0.05) is 0 Å². The maximum Gasteiger partial charge on any atom is 0.331 e. The Morgan fingerprint density at radius 2 is 2.21 bits per heavy atom. The van der Waals surface area contributed by atoms with Gasteiger partial charge in [-0.15, -0.1) is 0 Å². The summed E-state index contributed by atoms with van der Waals surface area (Å²) in [5.41, 5.74) is 0. The molecule has 0 aromatic carbocycles. The Hall–Kier alpha value is -1.83. The summed E-state index contributed by atoms with van der Waals surface area (Å²) in [6.45, 7) is 2.24. The molecule has 2 atom stereocenters. The van der Waals surface area contributed by atoms with E-state index in [1.807, 2.05) is 0 Å².